The summed E-state index contributed by atoms with van der Waals surface area (Å²) in [7, 11) is 0.555. The van der Waals surface area contributed by atoms with E-state index in [1.165, 1.54) is 6.26 Å². The number of guanidine groups is 1. The summed E-state index contributed by atoms with van der Waals surface area (Å²) in [6.07, 6.45) is 2.33. The van der Waals surface area contributed by atoms with Gasteiger partial charge in [0.05, 0.1) is 11.4 Å². The maximum atomic E-state index is 11.7. The summed E-state index contributed by atoms with van der Waals surface area (Å²) in [5.41, 5.74) is 0. The van der Waals surface area contributed by atoms with Crippen molar-refractivity contribution in [3.63, 3.8) is 0 Å². The number of sulfone groups is 1. The van der Waals surface area contributed by atoms with Crippen LogP contribution in [0.1, 0.15) is 20.3 Å². The van der Waals surface area contributed by atoms with Gasteiger partial charge in [-0.05, 0) is 20.3 Å². The molecule has 0 spiro atoms. The first kappa shape index (κ1) is 17.2. The normalized spacial score (nSPS) is 21.1. The first-order chi connectivity index (χ1) is 9.17. The minimum Gasteiger partial charge on any atom is -0.381 e. The second-order valence-corrected chi connectivity index (χ2v) is 8.69. The molecule has 1 aliphatic rings. The van der Waals surface area contributed by atoms with Gasteiger partial charge in [-0.1, -0.05) is 0 Å². The third-order valence-electron chi connectivity index (χ3n) is 3.81. The van der Waals surface area contributed by atoms with Crippen LogP contribution in [0.2, 0.25) is 0 Å². The van der Waals surface area contributed by atoms with Gasteiger partial charge in [-0.25, -0.2) is 8.42 Å². The molecule has 0 radical (unpaired) electrons. The fourth-order valence-corrected chi connectivity index (χ4v) is 2.34. The second kappa shape index (κ2) is 6.76. The monoisotopic (exact) mass is 305 g/mol. The standard InChI is InChI=1S/C13H27N3O3S/c1-13(2,20(5,17)18)10-15-12(14-3)16(4)8-11-6-7-19-9-11/h11H,6-10H2,1-5H3,(H,14,15). The topological polar surface area (TPSA) is 71.0 Å². The Hall–Kier alpha value is -0.820. The van der Waals surface area contributed by atoms with Gasteiger partial charge in [-0.15, -0.1) is 0 Å². The van der Waals surface area contributed by atoms with Crippen LogP contribution in [0.4, 0.5) is 0 Å². The van der Waals surface area contributed by atoms with Crippen LogP contribution in [0.5, 0.6) is 0 Å². The van der Waals surface area contributed by atoms with Gasteiger partial charge in [0.25, 0.3) is 0 Å². The second-order valence-electron chi connectivity index (χ2n) is 6.04. The fraction of sp³-hybridized carbons (Fsp3) is 0.923. The number of nitrogens with one attached hydrogen (secondary N) is 1. The molecule has 1 unspecified atom stereocenters. The summed E-state index contributed by atoms with van der Waals surface area (Å²) in [6, 6.07) is 0. The van der Waals surface area contributed by atoms with Crippen molar-refractivity contribution in [2.24, 2.45) is 10.9 Å². The minimum atomic E-state index is -3.11. The number of aliphatic imine (C=N–C) groups is 1. The first-order valence-electron chi connectivity index (χ1n) is 6.86. The van der Waals surface area contributed by atoms with Gasteiger partial charge >= 0.3 is 0 Å². The van der Waals surface area contributed by atoms with Crippen LogP contribution in [-0.2, 0) is 14.6 Å². The van der Waals surface area contributed by atoms with Crippen LogP contribution in [0, 0.1) is 5.92 Å². The molecule has 7 heteroatoms. The molecule has 1 atom stereocenters. The zero-order valence-electron chi connectivity index (χ0n) is 13.1. The largest absolute Gasteiger partial charge is 0.381 e. The number of hydrogen-bond donors (Lipinski definition) is 1. The van der Waals surface area contributed by atoms with Gasteiger partial charge in [-0.2, -0.15) is 0 Å². The van der Waals surface area contributed by atoms with Crippen LogP contribution in [0.15, 0.2) is 4.99 Å². The predicted molar refractivity (Wildman–Crippen MR) is 81.8 cm³/mol. The van der Waals surface area contributed by atoms with E-state index in [1.807, 2.05) is 11.9 Å². The highest BCUT2D eigenvalue weighted by Crippen LogP contribution is 2.15. The minimum absolute atomic E-state index is 0.337. The molecular weight excluding hydrogens is 278 g/mol. The van der Waals surface area contributed by atoms with Crippen LogP contribution >= 0.6 is 0 Å². The van der Waals surface area contributed by atoms with Crippen molar-refractivity contribution >= 4 is 15.8 Å². The molecule has 1 rings (SSSR count). The lowest BCUT2D eigenvalue weighted by molar-refractivity contribution is 0.181. The first-order valence-corrected chi connectivity index (χ1v) is 8.75. The molecule has 1 N–H and O–H groups in total. The quantitative estimate of drug-likeness (QED) is 0.586. The summed E-state index contributed by atoms with van der Waals surface area (Å²) < 4.78 is 27.9. The molecule has 118 valence electrons. The Bertz CT molecular complexity index is 440. The van der Waals surface area contributed by atoms with E-state index in [1.54, 1.807) is 20.9 Å². The van der Waals surface area contributed by atoms with Crippen LogP contribution in [-0.4, -0.2) is 70.7 Å². The Labute approximate surface area is 122 Å². The fourth-order valence-electron chi connectivity index (χ4n) is 2.01. The van der Waals surface area contributed by atoms with Crippen LogP contribution in [0.25, 0.3) is 0 Å². The highest BCUT2D eigenvalue weighted by Gasteiger charge is 2.30. The van der Waals surface area contributed by atoms with Gasteiger partial charge in [-0.3, -0.25) is 4.99 Å². The van der Waals surface area contributed by atoms with E-state index in [-0.39, 0.29) is 0 Å². The molecule has 0 aromatic carbocycles. The molecule has 1 saturated heterocycles. The summed E-state index contributed by atoms with van der Waals surface area (Å²) in [5, 5.41) is 3.15. The van der Waals surface area contributed by atoms with Gasteiger partial charge in [0.2, 0.25) is 0 Å². The van der Waals surface area contributed by atoms with Crippen molar-refractivity contribution < 1.29 is 13.2 Å². The molecule has 1 heterocycles. The van der Waals surface area contributed by atoms with E-state index < -0.39 is 14.6 Å². The molecule has 0 aromatic rings. The maximum absolute atomic E-state index is 11.7. The number of hydrogen-bond acceptors (Lipinski definition) is 4. The molecule has 0 saturated carbocycles. The van der Waals surface area contributed by atoms with E-state index in [0.717, 1.165) is 26.2 Å². The lowest BCUT2D eigenvalue weighted by Gasteiger charge is -2.28. The average Bonchev–Trinajstić information content (AvgIpc) is 2.80. The van der Waals surface area contributed by atoms with E-state index in [4.69, 9.17) is 4.74 Å². The maximum Gasteiger partial charge on any atom is 0.193 e. The number of rotatable bonds is 5. The Balaban J connectivity index is 2.55. The summed E-state index contributed by atoms with van der Waals surface area (Å²) >= 11 is 0. The van der Waals surface area contributed by atoms with Gasteiger partial charge in [0.1, 0.15) is 0 Å². The van der Waals surface area contributed by atoms with E-state index in [9.17, 15) is 8.42 Å². The smallest absolute Gasteiger partial charge is 0.193 e. The van der Waals surface area contributed by atoms with Crippen LogP contribution < -0.4 is 5.32 Å². The van der Waals surface area contributed by atoms with Gasteiger partial charge in [0.15, 0.2) is 15.8 Å². The number of nitrogens with zero attached hydrogens (tertiary/aromatic N) is 2. The molecule has 0 aliphatic carbocycles. The van der Waals surface area contributed by atoms with E-state index in [0.29, 0.717) is 18.4 Å². The van der Waals surface area contributed by atoms with Crippen molar-refractivity contribution in [2.75, 3.05) is 46.7 Å². The van der Waals surface area contributed by atoms with Gasteiger partial charge in [0, 0.05) is 46.0 Å². The van der Waals surface area contributed by atoms with Gasteiger partial charge < -0.3 is 15.0 Å². The summed E-state index contributed by atoms with van der Waals surface area (Å²) in [5.74, 6) is 1.23. The Morgan fingerprint density at radius 2 is 2.15 bits per heavy atom. The lowest BCUT2D eigenvalue weighted by atomic mass is 10.1. The zero-order valence-corrected chi connectivity index (χ0v) is 14.0. The van der Waals surface area contributed by atoms with Crippen molar-refractivity contribution in [1.29, 1.82) is 0 Å². The molecule has 0 aromatic heterocycles. The molecule has 1 fully saturated rings. The van der Waals surface area contributed by atoms with Crippen molar-refractivity contribution in [3.05, 3.63) is 0 Å². The highest BCUT2D eigenvalue weighted by atomic mass is 32.2. The summed E-state index contributed by atoms with van der Waals surface area (Å²) in [4.78, 5) is 6.24. The van der Waals surface area contributed by atoms with E-state index >= 15 is 0 Å². The molecular formula is C13H27N3O3S. The Morgan fingerprint density at radius 3 is 2.60 bits per heavy atom. The Kier molecular flexibility index (Phi) is 5.82. The molecule has 0 bridgehead atoms. The highest BCUT2D eigenvalue weighted by molar-refractivity contribution is 7.92. The third kappa shape index (κ3) is 4.63. The zero-order chi connectivity index (χ0) is 15.4. The van der Waals surface area contributed by atoms with Crippen molar-refractivity contribution in [3.8, 4) is 0 Å². The Morgan fingerprint density at radius 1 is 1.50 bits per heavy atom. The van der Waals surface area contributed by atoms with Crippen molar-refractivity contribution in [2.45, 2.75) is 25.0 Å². The molecule has 0 amide bonds. The number of ether oxygens (including phenoxy) is 1. The predicted octanol–water partition coefficient (Wildman–Crippen LogP) is 0.353. The lowest BCUT2D eigenvalue weighted by Crippen LogP contribution is -2.49. The van der Waals surface area contributed by atoms with Crippen molar-refractivity contribution in [1.82, 2.24) is 10.2 Å². The third-order valence-corrected chi connectivity index (χ3v) is 5.96. The molecule has 1 aliphatic heterocycles. The molecule has 20 heavy (non-hydrogen) atoms. The SMILES string of the molecule is CN=C(NCC(C)(C)S(C)(=O)=O)N(C)CC1CCOC1. The average molecular weight is 305 g/mol. The van der Waals surface area contributed by atoms with E-state index in [2.05, 4.69) is 10.3 Å². The molecule has 6 nitrogen and oxygen atoms in total. The summed E-state index contributed by atoms with van der Waals surface area (Å²) in [6.45, 7) is 6.24. The van der Waals surface area contributed by atoms with Crippen LogP contribution in [0.3, 0.4) is 0 Å².